The number of allylic oxidation sites excluding steroid dienone is 3. The van der Waals surface area contributed by atoms with Crippen molar-refractivity contribution in [3.63, 3.8) is 0 Å². The lowest BCUT2D eigenvalue weighted by Crippen LogP contribution is -2.03. The van der Waals surface area contributed by atoms with Crippen molar-refractivity contribution < 1.29 is 4.74 Å². The molecule has 26 heavy (non-hydrogen) atoms. The van der Waals surface area contributed by atoms with Gasteiger partial charge in [0.25, 0.3) is 0 Å². The number of nitriles is 2. The molecule has 5 nitrogen and oxygen atoms in total. The molecule has 5 heteroatoms. The third-order valence-corrected chi connectivity index (χ3v) is 4.49. The van der Waals surface area contributed by atoms with E-state index in [1.165, 1.54) is 0 Å². The van der Waals surface area contributed by atoms with Gasteiger partial charge in [0.1, 0.15) is 23.7 Å². The fourth-order valence-corrected chi connectivity index (χ4v) is 3.19. The topological polar surface area (TPSA) is 95.7 Å². The van der Waals surface area contributed by atoms with Crippen molar-refractivity contribution in [3.05, 3.63) is 57.8 Å². The summed E-state index contributed by atoms with van der Waals surface area (Å²) in [6.45, 7) is 6.29. The van der Waals surface area contributed by atoms with E-state index < -0.39 is 0 Å². The standard InChI is InChI=1S/C21H18N4O/c1-4-26-15-7-5-14(6-8-15)9-16-12(2)17(10-22)20-19(16)13(3)18(11-23)21(24)25-20/h5-9H,4H2,1-3H3,(H2,24,25). The van der Waals surface area contributed by atoms with Crippen molar-refractivity contribution in [2.45, 2.75) is 20.8 Å². The lowest BCUT2D eigenvalue weighted by atomic mass is 9.95. The van der Waals surface area contributed by atoms with E-state index in [2.05, 4.69) is 17.1 Å². The monoisotopic (exact) mass is 342 g/mol. The minimum Gasteiger partial charge on any atom is -0.494 e. The van der Waals surface area contributed by atoms with Gasteiger partial charge in [-0.25, -0.2) is 4.98 Å². The molecule has 3 rings (SSSR count). The van der Waals surface area contributed by atoms with Crippen LogP contribution in [0.25, 0.3) is 17.2 Å². The van der Waals surface area contributed by atoms with Gasteiger partial charge in [0, 0.05) is 5.56 Å². The second-order valence-corrected chi connectivity index (χ2v) is 6.00. The molecule has 1 aliphatic carbocycles. The number of ether oxygens (including phenoxy) is 1. The van der Waals surface area contributed by atoms with Gasteiger partial charge >= 0.3 is 0 Å². The van der Waals surface area contributed by atoms with E-state index in [1.807, 2.05) is 51.1 Å². The van der Waals surface area contributed by atoms with Crippen molar-refractivity contribution in [1.29, 1.82) is 10.5 Å². The fraction of sp³-hybridized carbons (Fsp3) is 0.190. The van der Waals surface area contributed by atoms with Gasteiger partial charge in [-0.1, -0.05) is 12.1 Å². The molecule has 1 aromatic heterocycles. The van der Waals surface area contributed by atoms with Crippen LogP contribution in [0, 0.1) is 29.6 Å². The van der Waals surface area contributed by atoms with Crippen LogP contribution < -0.4 is 10.5 Å². The molecule has 2 N–H and O–H groups in total. The third-order valence-electron chi connectivity index (χ3n) is 4.49. The number of anilines is 1. The fourth-order valence-electron chi connectivity index (χ4n) is 3.19. The molecule has 1 heterocycles. The highest BCUT2D eigenvalue weighted by Gasteiger charge is 2.29. The number of nitrogen functional groups attached to an aromatic ring is 1. The van der Waals surface area contributed by atoms with Gasteiger partial charge in [-0.05, 0) is 61.3 Å². The van der Waals surface area contributed by atoms with Gasteiger partial charge < -0.3 is 10.5 Å². The Morgan fingerprint density at radius 2 is 1.85 bits per heavy atom. The van der Waals surface area contributed by atoms with Crippen molar-refractivity contribution in [2.75, 3.05) is 12.3 Å². The Balaban J connectivity index is 2.19. The molecule has 0 unspecified atom stereocenters. The molecule has 0 amide bonds. The number of fused-ring (bicyclic) bond motifs is 1. The maximum absolute atomic E-state index is 9.57. The molecular weight excluding hydrogens is 324 g/mol. The average molecular weight is 342 g/mol. The summed E-state index contributed by atoms with van der Waals surface area (Å²) in [6, 6.07) is 12.1. The SMILES string of the molecule is CCOc1ccc(C=C2C(C)=C(C#N)c3nc(N)c(C#N)c(C)c32)cc1. The number of hydrogen-bond donors (Lipinski definition) is 1. The van der Waals surface area contributed by atoms with Gasteiger partial charge in [-0.3, -0.25) is 0 Å². The number of nitrogens with two attached hydrogens (primary N) is 1. The lowest BCUT2D eigenvalue weighted by Gasteiger charge is -2.11. The molecule has 0 saturated heterocycles. The minimum atomic E-state index is 0.159. The highest BCUT2D eigenvalue weighted by molar-refractivity contribution is 6.08. The Labute approximate surface area is 152 Å². The number of rotatable bonds is 3. The van der Waals surface area contributed by atoms with Crippen LogP contribution in [0.3, 0.4) is 0 Å². The van der Waals surface area contributed by atoms with Crippen LogP contribution >= 0.6 is 0 Å². The Kier molecular flexibility index (Phi) is 4.47. The summed E-state index contributed by atoms with van der Waals surface area (Å²) < 4.78 is 5.47. The summed E-state index contributed by atoms with van der Waals surface area (Å²) in [5.74, 6) is 0.968. The highest BCUT2D eigenvalue weighted by atomic mass is 16.5. The van der Waals surface area contributed by atoms with Gasteiger partial charge in [0.05, 0.1) is 23.4 Å². The van der Waals surface area contributed by atoms with Gasteiger partial charge in [-0.2, -0.15) is 10.5 Å². The molecule has 0 fully saturated rings. The van der Waals surface area contributed by atoms with Gasteiger partial charge in [0.15, 0.2) is 0 Å². The maximum Gasteiger partial charge on any atom is 0.142 e. The molecule has 0 atom stereocenters. The predicted molar refractivity (Wildman–Crippen MR) is 102 cm³/mol. The first kappa shape index (κ1) is 17.3. The van der Waals surface area contributed by atoms with E-state index in [1.54, 1.807) is 0 Å². The summed E-state index contributed by atoms with van der Waals surface area (Å²) in [7, 11) is 0. The number of pyridine rings is 1. The van der Waals surface area contributed by atoms with E-state index in [0.717, 1.165) is 33.6 Å². The predicted octanol–water partition coefficient (Wildman–Crippen LogP) is 4.09. The van der Waals surface area contributed by atoms with E-state index in [-0.39, 0.29) is 5.82 Å². The van der Waals surface area contributed by atoms with Crippen LogP contribution in [0.2, 0.25) is 0 Å². The zero-order valence-corrected chi connectivity index (χ0v) is 14.9. The molecule has 0 bridgehead atoms. The first-order valence-electron chi connectivity index (χ1n) is 8.28. The van der Waals surface area contributed by atoms with Crippen LogP contribution in [0.1, 0.15) is 41.8 Å². The molecule has 0 aliphatic heterocycles. The van der Waals surface area contributed by atoms with E-state index >= 15 is 0 Å². The number of nitrogens with zero attached hydrogens (tertiary/aromatic N) is 3. The molecule has 128 valence electrons. The maximum atomic E-state index is 9.57. The molecule has 2 aromatic rings. The average Bonchev–Trinajstić information content (AvgIpc) is 2.88. The Hall–Kier alpha value is -3.57. The Morgan fingerprint density at radius 3 is 2.42 bits per heavy atom. The van der Waals surface area contributed by atoms with Crippen LogP contribution in [-0.2, 0) is 0 Å². The van der Waals surface area contributed by atoms with E-state index in [0.29, 0.717) is 23.4 Å². The molecule has 0 spiro atoms. The number of benzene rings is 1. The molecule has 0 radical (unpaired) electrons. The number of hydrogen-bond acceptors (Lipinski definition) is 5. The van der Waals surface area contributed by atoms with E-state index in [9.17, 15) is 10.5 Å². The van der Waals surface area contributed by atoms with Crippen LogP contribution in [0.4, 0.5) is 5.82 Å². The summed E-state index contributed by atoms with van der Waals surface area (Å²) in [5.41, 5.74) is 11.6. The first-order valence-corrected chi connectivity index (χ1v) is 8.28. The van der Waals surface area contributed by atoms with E-state index in [4.69, 9.17) is 10.5 Å². The normalized spacial score (nSPS) is 14.1. The third kappa shape index (κ3) is 2.70. The molecular formula is C21H18N4O. The van der Waals surface area contributed by atoms with Crippen molar-refractivity contribution in [2.24, 2.45) is 0 Å². The first-order chi connectivity index (χ1) is 12.5. The van der Waals surface area contributed by atoms with Gasteiger partial charge in [-0.15, -0.1) is 0 Å². The second-order valence-electron chi connectivity index (χ2n) is 6.00. The largest absolute Gasteiger partial charge is 0.494 e. The summed E-state index contributed by atoms with van der Waals surface area (Å²) in [4.78, 5) is 4.33. The molecule has 1 aliphatic rings. The molecule has 1 aromatic carbocycles. The Bertz CT molecular complexity index is 1030. The summed E-state index contributed by atoms with van der Waals surface area (Å²) in [6.07, 6.45) is 2.00. The number of aromatic nitrogens is 1. The van der Waals surface area contributed by atoms with Crippen LogP contribution in [0.15, 0.2) is 29.8 Å². The lowest BCUT2D eigenvalue weighted by molar-refractivity contribution is 0.340. The smallest absolute Gasteiger partial charge is 0.142 e. The molecule has 0 saturated carbocycles. The quantitative estimate of drug-likeness (QED) is 0.906. The van der Waals surface area contributed by atoms with Crippen LogP contribution in [0.5, 0.6) is 5.75 Å². The second kappa shape index (κ2) is 6.74. The Morgan fingerprint density at radius 1 is 1.15 bits per heavy atom. The zero-order chi connectivity index (χ0) is 18.8. The highest BCUT2D eigenvalue weighted by Crippen LogP contribution is 2.44. The van der Waals surface area contributed by atoms with Crippen molar-refractivity contribution in [1.82, 2.24) is 4.98 Å². The van der Waals surface area contributed by atoms with Crippen molar-refractivity contribution in [3.8, 4) is 17.9 Å². The zero-order valence-electron chi connectivity index (χ0n) is 14.9. The summed E-state index contributed by atoms with van der Waals surface area (Å²) in [5, 5.41) is 19.0. The van der Waals surface area contributed by atoms with Crippen molar-refractivity contribution >= 4 is 23.0 Å². The minimum absolute atomic E-state index is 0.159. The van der Waals surface area contributed by atoms with Crippen LogP contribution in [-0.4, -0.2) is 11.6 Å². The van der Waals surface area contributed by atoms with Gasteiger partial charge in [0.2, 0.25) is 0 Å². The summed E-state index contributed by atoms with van der Waals surface area (Å²) >= 11 is 0.